The van der Waals surface area contributed by atoms with Crippen molar-refractivity contribution in [3.05, 3.63) is 233 Å². The second-order valence-corrected chi connectivity index (χ2v) is 23.6. The lowest BCUT2D eigenvalue weighted by Crippen LogP contribution is -2.41. The first-order chi connectivity index (χ1) is 47.4. The molecule has 3 radical (unpaired) electrons. The number of halogens is 6. The topological polar surface area (TPSA) is 281 Å². The van der Waals surface area contributed by atoms with E-state index in [1.54, 1.807) is 160 Å². The fourth-order valence-electron chi connectivity index (χ4n) is 12.4. The molecule has 513 valence electrons. The van der Waals surface area contributed by atoms with Crippen molar-refractivity contribution < 1.29 is 55.1 Å². The van der Waals surface area contributed by atoms with Crippen LogP contribution in [0, 0.1) is 17.8 Å². The van der Waals surface area contributed by atoms with Gasteiger partial charge in [0.2, 0.25) is 17.8 Å². The number of likely N-dealkylation sites (N-methyl/N-ethyl adjacent to an activating group) is 3. The molecule has 21 nitrogen and oxygen atoms in total. The highest BCUT2D eigenvalue weighted by atomic mass is 19.1. The van der Waals surface area contributed by atoms with E-state index >= 15 is 0 Å². The molecular formula is C72H69BF6N15O6. The lowest BCUT2D eigenvalue weighted by atomic mass is 9.83. The SMILES string of the molecule is CC(=O)c1cc(C2(c3cccc(-c4cccnc4F)c3)N=C(N)N(C)C2=O)cn1CCCF.CC(=O)c1cc([C@@]2(c3cccc(-c4cccnc4F)c3)N=C(N)N(C)C2=O)cn1CCCF.CC(=O)c1cc([C@]2(c3cccc(-c4cccnc4F)c3)N=C(N)N(C)C2=O)cn1CCCF.[B]. The Morgan fingerprint density at radius 3 is 0.870 bits per heavy atom. The number of aromatic nitrogens is 6. The number of Topliss-reactive ketones (excluding diaryl/α,β-unsaturated/α-hetero) is 3. The fraction of sp³-hybridized carbons (Fsp3) is 0.250. The van der Waals surface area contributed by atoms with Crippen LogP contribution in [-0.2, 0) is 50.6 Å². The van der Waals surface area contributed by atoms with Gasteiger partial charge in [-0.15, -0.1) is 0 Å². The molecule has 0 bridgehead atoms. The maximum Gasteiger partial charge on any atom is 0.266 e. The predicted octanol–water partition coefficient (Wildman–Crippen LogP) is 9.46. The number of ketones is 3. The number of carbonyl (C=O) groups is 6. The molecule has 9 heterocycles. The third-order valence-corrected chi connectivity index (χ3v) is 17.4. The van der Waals surface area contributed by atoms with Crippen LogP contribution < -0.4 is 17.2 Å². The number of nitrogens with zero attached hydrogens (tertiary/aromatic N) is 12. The van der Waals surface area contributed by atoms with Crippen LogP contribution in [0.15, 0.2) is 180 Å². The summed E-state index contributed by atoms with van der Waals surface area (Å²) in [6.07, 6.45) is 9.63. The monoisotopic (exact) mass is 1360 g/mol. The summed E-state index contributed by atoms with van der Waals surface area (Å²) in [5.74, 6) is -3.80. The lowest BCUT2D eigenvalue weighted by molar-refractivity contribution is -0.130. The number of benzene rings is 3. The molecule has 6 aromatic heterocycles. The molecular weight excluding hydrogens is 1300 g/mol. The molecule has 9 aromatic rings. The number of rotatable bonds is 21. The molecule has 100 heavy (non-hydrogen) atoms. The summed E-state index contributed by atoms with van der Waals surface area (Å²) >= 11 is 0. The largest absolute Gasteiger partial charge is 0.369 e. The molecule has 3 aliphatic rings. The van der Waals surface area contributed by atoms with Gasteiger partial charge in [-0.3, -0.25) is 56.6 Å². The Hall–Kier alpha value is -11.6. The van der Waals surface area contributed by atoms with E-state index in [4.69, 9.17) is 17.2 Å². The first-order valence-corrected chi connectivity index (χ1v) is 31.3. The molecule has 3 aromatic carbocycles. The first kappa shape index (κ1) is 72.7. The maximum absolute atomic E-state index is 14.4. The Bertz CT molecular complexity index is 4280. The minimum Gasteiger partial charge on any atom is -0.369 e. The number of amides is 3. The van der Waals surface area contributed by atoms with Crippen molar-refractivity contribution in [2.75, 3.05) is 41.2 Å². The predicted molar refractivity (Wildman–Crippen MR) is 365 cm³/mol. The van der Waals surface area contributed by atoms with Crippen LogP contribution in [0.4, 0.5) is 26.3 Å². The van der Waals surface area contributed by atoms with E-state index in [2.05, 4.69) is 29.9 Å². The number of hydrogen-bond acceptors (Lipinski definition) is 15. The van der Waals surface area contributed by atoms with Crippen LogP contribution in [0.5, 0.6) is 0 Å². The molecule has 0 spiro atoms. The van der Waals surface area contributed by atoms with Gasteiger partial charge in [-0.05, 0) is 125 Å². The van der Waals surface area contributed by atoms with E-state index in [9.17, 15) is 55.1 Å². The molecule has 0 fully saturated rings. The van der Waals surface area contributed by atoms with Gasteiger partial charge in [0.1, 0.15) is 0 Å². The number of carbonyl (C=O) groups excluding carboxylic acids is 6. The van der Waals surface area contributed by atoms with Crippen LogP contribution in [0.25, 0.3) is 33.4 Å². The van der Waals surface area contributed by atoms with Crippen LogP contribution in [0.2, 0.25) is 0 Å². The zero-order valence-corrected chi connectivity index (χ0v) is 55.3. The summed E-state index contributed by atoms with van der Waals surface area (Å²) in [4.78, 5) is 106. The Kier molecular flexibility index (Phi) is 21.8. The minimum atomic E-state index is -1.57. The fourth-order valence-corrected chi connectivity index (χ4v) is 12.4. The normalized spacial score (nSPS) is 17.8. The standard InChI is InChI=1S/3C24H23F2N5O2.B/c3*1-15(32)20-13-18(14-31(20)11-5-9-25)24(22(33)30(2)23(27)29-24)17-7-3-6-16(12-17)19-8-4-10-28-21(19)26;/h3*3-4,6-8,10,12-14H,5,9,11H2,1-2H3,(H2,27,29);/t2*24-;;/m10../s1. The van der Waals surface area contributed by atoms with Crippen LogP contribution in [0.3, 0.4) is 0 Å². The minimum absolute atomic E-state index is 0. The number of alkyl halides is 3. The van der Waals surface area contributed by atoms with Gasteiger partial charge in [0.05, 0.1) is 37.1 Å². The van der Waals surface area contributed by atoms with Crippen molar-refractivity contribution in [1.82, 2.24) is 43.4 Å². The Balaban J connectivity index is 0.000000174. The Labute approximate surface area is 573 Å². The lowest BCUT2D eigenvalue weighted by Gasteiger charge is -2.25. The summed E-state index contributed by atoms with van der Waals surface area (Å²) in [6.45, 7) is 3.41. The van der Waals surface area contributed by atoms with Crippen molar-refractivity contribution in [2.45, 2.75) is 76.3 Å². The summed E-state index contributed by atoms with van der Waals surface area (Å²) < 4.78 is 86.5. The molecule has 1 unspecified atom stereocenters. The average molecular weight is 1370 g/mol. The van der Waals surface area contributed by atoms with Gasteiger partial charge in [0, 0.05) is 141 Å². The second-order valence-electron chi connectivity index (χ2n) is 23.6. The van der Waals surface area contributed by atoms with Gasteiger partial charge in [-0.2, -0.15) is 13.2 Å². The Morgan fingerprint density at radius 2 is 0.660 bits per heavy atom. The molecule has 0 saturated heterocycles. The first-order valence-electron chi connectivity index (χ1n) is 31.3. The molecule has 12 rings (SSSR count). The average Bonchev–Trinajstić information content (AvgIpc) is 1.58. The van der Waals surface area contributed by atoms with Crippen molar-refractivity contribution >= 4 is 61.4 Å². The molecule has 0 aliphatic carbocycles. The molecule has 3 aliphatic heterocycles. The number of pyridine rings is 3. The third-order valence-electron chi connectivity index (χ3n) is 17.4. The smallest absolute Gasteiger partial charge is 0.266 e. The van der Waals surface area contributed by atoms with Crippen molar-refractivity contribution in [1.29, 1.82) is 0 Å². The summed E-state index contributed by atoms with van der Waals surface area (Å²) in [6, 6.07) is 34.7. The van der Waals surface area contributed by atoms with Gasteiger partial charge in [-0.25, -0.2) is 29.9 Å². The molecule has 3 amide bonds. The van der Waals surface area contributed by atoms with E-state index in [1.165, 1.54) is 75.2 Å². The van der Waals surface area contributed by atoms with Crippen molar-refractivity contribution in [3.63, 3.8) is 0 Å². The van der Waals surface area contributed by atoms with E-state index in [0.29, 0.717) is 67.2 Å². The highest BCUT2D eigenvalue weighted by Crippen LogP contribution is 2.45. The van der Waals surface area contributed by atoms with Crippen LogP contribution >= 0.6 is 0 Å². The summed E-state index contributed by atoms with van der Waals surface area (Å²) in [7, 11) is 4.54. The molecule has 6 N–H and O–H groups in total. The van der Waals surface area contributed by atoms with E-state index in [0.717, 1.165) is 0 Å². The number of guanidine groups is 3. The quantitative estimate of drug-likeness (QED) is 0.0262. The van der Waals surface area contributed by atoms with Crippen molar-refractivity contribution in [3.8, 4) is 33.4 Å². The number of hydrogen-bond donors (Lipinski definition) is 3. The van der Waals surface area contributed by atoms with Gasteiger partial charge in [-0.1, -0.05) is 54.6 Å². The highest BCUT2D eigenvalue weighted by molar-refractivity contribution is 6.11. The van der Waals surface area contributed by atoms with Crippen LogP contribution in [-0.4, -0.2) is 146 Å². The van der Waals surface area contributed by atoms with Gasteiger partial charge >= 0.3 is 0 Å². The molecule has 28 heteroatoms. The van der Waals surface area contributed by atoms with Gasteiger partial charge < -0.3 is 30.9 Å². The Morgan fingerprint density at radius 1 is 0.400 bits per heavy atom. The number of nitrogens with two attached hydrogens (primary N) is 3. The zero-order valence-electron chi connectivity index (χ0n) is 55.3. The van der Waals surface area contributed by atoms with E-state index in [1.807, 2.05) is 0 Å². The summed E-state index contributed by atoms with van der Waals surface area (Å²) in [5, 5.41) is 0. The van der Waals surface area contributed by atoms with Gasteiger partial charge in [0.25, 0.3) is 17.7 Å². The van der Waals surface area contributed by atoms with Gasteiger partial charge in [0.15, 0.2) is 51.8 Å². The van der Waals surface area contributed by atoms with Crippen molar-refractivity contribution in [2.24, 2.45) is 32.2 Å². The highest BCUT2D eigenvalue weighted by Gasteiger charge is 2.53. The number of aryl methyl sites for hydroxylation is 3. The van der Waals surface area contributed by atoms with E-state index in [-0.39, 0.29) is 99.2 Å². The third kappa shape index (κ3) is 13.5. The second kappa shape index (κ2) is 30.0. The van der Waals surface area contributed by atoms with E-state index < -0.39 is 72.2 Å². The van der Waals surface area contributed by atoms with Crippen LogP contribution in [0.1, 0.15) is 105 Å². The molecule has 0 saturated carbocycles. The summed E-state index contributed by atoms with van der Waals surface area (Å²) in [5.41, 5.74) is 19.4. The number of aliphatic imine (C=N–C) groups is 3. The zero-order chi connectivity index (χ0) is 71.3. The molecule has 3 atom stereocenters. The maximum atomic E-state index is 14.4.